The topological polar surface area (TPSA) is 116 Å². The van der Waals surface area contributed by atoms with Gasteiger partial charge in [-0.15, -0.1) is 0 Å². The lowest BCUT2D eigenvalue weighted by Crippen LogP contribution is -2.29. The quantitative estimate of drug-likeness (QED) is 0.483. The lowest BCUT2D eigenvalue weighted by molar-refractivity contribution is -0.386. The Morgan fingerprint density at radius 1 is 1.53 bits per heavy atom. The van der Waals surface area contributed by atoms with Gasteiger partial charge in [-0.25, -0.2) is 10.8 Å². The zero-order chi connectivity index (χ0) is 13.8. The van der Waals surface area contributed by atoms with Gasteiger partial charge in [0.2, 0.25) is 5.95 Å². The zero-order valence-electron chi connectivity index (χ0n) is 10.7. The lowest BCUT2D eigenvalue weighted by Gasteiger charge is -2.28. The summed E-state index contributed by atoms with van der Waals surface area (Å²) in [6.07, 6.45) is 5.23. The third kappa shape index (κ3) is 3.08. The van der Waals surface area contributed by atoms with Crippen molar-refractivity contribution in [3.8, 4) is 5.88 Å². The third-order valence-corrected chi connectivity index (χ3v) is 3.36. The first-order valence-corrected chi connectivity index (χ1v) is 6.26. The summed E-state index contributed by atoms with van der Waals surface area (Å²) >= 11 is 0. The number of nitro groups is 1. The average Bonchev–Trinajstić information content (AvgIpc) is 2.41. The van der Waals surface area contributed by atoms with Crippen LogP contribution in [0, 0.1) is 16.0 Å². The van der Waals surface area contributed by atoms with E-state index < -0.39 is 4.92 Å². The van der Waals surface area contributed by atoms with E-state index in [1.165, 1.54) is 6.42 Å². The highest BCUT2D eigenvalue weighted by Crippen LogP contribution is 2.31. The van der Waals surface area contributed by atoms with Crippen molar-refractivity contribution in [2.45, 2.75) is 38.7 Å². The van der Waals surface area contributed by atoms with Crippen LogP contribution in [0.2, 0.25) is 0 Å². The summed E-state index contributed by atoms with van der Waals surface area (Å²) in [5.74, 6) is 5.64. The Bertz CT molecular complexity index is 468. The summed E-state index contributed by atoms with van der Waals surface area (Å²) < 4.78 is 5.71. The molecule has 2 atom stereocenters. The second-order valence-electron chi connectivity index (χ2n) is 4.70. The first kappa shape index (κ1) is 13.5. The number of anilines is 1. The monoisotopic (exact) mass is 267 g/mol. The summed E-state index contributed by atoms with van der Waals surface area (Å²) in [5.41, 5.74) is 2.02. The summed E-state index contributed by atoms with van der Waals surface area (Å²) in [6.45, 7) is 2.08. The number of hydrogen-bond donors (Lipinski definition) is 2. The Morgan fingerprint density at radius 3 is 2.89 bits per heavy atom. The molecule has 0 aliphatic heterocycles. The van der Waals surface area contributed by atoms with Gasteiger partial charge in [0.15, 0.2) is 0 Å². The third-order valence-electron chi connectivity index (χ3n) is 3.36. The van der Waals surface area contributed by atoms with E-state index in [9.17, 15) is 10.1 Å². The molecule has 1 aliphatic carbocycles. The van der Waals surface area contributed by atoms with Crippen LogP contribution in [0.1, 0.15) is 32.6 Å². The molecule has 1 aromatic heterocycles. The van der Waals surface area contributed by atoms with Gasteiger partial charge < -0.3 is 4.74 Å². The van der Waals surface area contributed by atoms with Crippen molar-refractivity contribution in [3.63, 3.8) is 0 Å². The molecule has 104 valence electrons. The van der Waals surface area contributed by atoms with Crippen molar-refractivity contribution in [1.29, 1.82) is 0 Å². The van der Waals surface area contributed by atoms with Gasteiger partial charge in [0, 0.05) is 0 Å². The standard InChI is InChI=1S/C11H17N5O3/c1-7-4-2-3-5-9(7)19-10-8(16(17)18)6-13-11(14-10)15-12/h6-7,9H,2-5,12H2,1H3,(H,13,14,15). The molecule has 1 heterocycles. The highest BCUT2D eigenvalue weighted by Gasteiger charge is 2.27. The fourth-order valence-electron chi connectivity index (χ4n) is 2.24. The van der Waals surface area contributed by atoms with Gasteiger partial charge in [-0.3, -0.25) is 15.5 Å². The molecule has 0 amide bonds. The molecule has 1 aromatic rings. The minimum Gasteiger partial charge on any atom is -0.469 e. The van der Waals surface area contributed by atoms with Gasteiger partial charge in [-0.2, -0.15) is 4.98 Å². The number of nitrogens with one attached hydrogen (secondary N) is 1. The van der Waals surface area contributed by atoms with Crippen LogP contribution in [0.15, 0.2) is 6.20 Å². The molecule has 0 bridgehead atoms. The average molecular weight is 267 g/mol. The van der Waals surface area contributed by atoms with Crippen molar-refractivity contribution >= 4 is 11.6 Å². The normalized spacial score (nSPS) is 22.8. The second kappa shape index (κ2) is 5.79. The maximum atomic E-state index is 10.9. The van der Waals surface area contributed by atoms with Gasteiger partial charge in [0.25, 0.3) is 5.88 Å². The molecule has 1 saturated carbocycles. The molecule has 0 radical (unpaired) electrons. The fourth-order valence-corrected chi connectivity index (χ4v) is 2.24. The number of nitrogens with zero attached hydrogens (tertiary/aromatic N) is 3. The number of hydrogen-bond acceptors (Lipinski definition) is 7. The predicted octanol–water partition coefficient (Wildman–Crippen LogP) is 1.63. The molecule has 1 fully saturated rings. The van der Waals surface area contributed by atoms with Crippen LogP contribution >= 0.6 is 0 Å². The van der Waals surface area contributed by atoms with Crippen LogP contribution in [0.25, 0.3) is 0 Å². The summed E-state index contributed by atoms with van der Waals surface area (Å²) in [4.78, 5) is 18.0. The van der Waals surface area contributed by atoms with Crippen LogP contribution in [0.5, 0.6) is 5.88 Å². The molecule has 8 nitrogen and oxygen atoms in total. The van der Waals surface area contributed by atoms with Gasteiger partial charge in [-0.1, -0.05) is 13.3 Å². The maximum absolute atomic E-state index is 10.9. The van der Waals surface area contributed by atoms with Gasteiger partial charge in [0.1, 0.15) is 12.3 Å². The molecule has 3 N–H and O–H groups in total. The Balaban J connectivity index is 2.23. The largest absolute Gasteiger partial charge is 0.469 e. The summed E-state index contributed by atoms with van der Waals surface area (Å²) in [7, 11) is 0. The minimum absolute atomic E-state index is 0.0216. The first-order chi connectivity index (χ1) is 9.11. The molecule has 2 unspecified atom stereocenters. The number of rotatable bonds is 4. The Hall–Kier alpha value is -1.96. The van der Waals surface area contributed by atoms with Crippen molar-refractivity contribution in [2.24, 2.45) is 11.8 Å². The van der Waals surface area contributed by atoms with E-state index in [-0.39, 0.29) is 23.6 Å². The van der Waals surface area contributed by atoms with Crippen LogP contribution in [-0.4, -0.2) is 21.0 Å². The molecule has 0 aromatic carbocycles. The van der Waals surface area contributed by atoms with Crippen molar-refractivity contribution in [1.82, 2.24) is 9.97 Å². The van der Waals surface area contributed by atoms with Crippen LogP contribution in [0.3, 0.4) is 0 Å². The smallest absolute Gasteiger partial charge is 0.349 e. The van der Waals surface area contributed by atoms with E-state index in [1.54, 1.807) is 0 Å². The van der Waals surface area contributed by atoms with E-state index in [0.717, 1.165) is 25.5 Å². The Kier molecular flexibility index (Phi) is 4.10. The minimum atomic E-state index is -0.552. The number of nitrogen functional groups attached to an aromatic ring is 1. The Morgan fingerprint density at radius 2 is 2.26 bits per heavy atom. The van der Waals surface area contributed by atoms with Crippen molar-refractivity contribution in [2.75, 3.05) is 5.43 Å². The zero-order valence-corrected chi connectivity index (χ0v) is 10.7. The first-order valence-electron chi connectivity index (χ1n) is 6.26. The fraction of sp³-hybridized carbons (Fsp3) is 0.636. The molecule has 19 heavy (non-hydrogen) atoms. The van der Waals surface area contributed by atoms with E-state index >= 15 is 0 Å². The highest BCUT2D eigenvalue weighted by molar-refractivity contribution is 5.42. The number of nitrogens with two attached hydrogens (primary N) is 1. The van der Waals surface area contributed by atoms with E-state index in [0.29, 0.717) is 5.92 Å². The van der Waals surface area contributed by atoms with Crippen molar-refractivity contribution in [3.05, 3.63) is 16.3 Å². The van der Waals surface area contributed by atoms with E-state index in [4.69, 9.17) is 10.6 Å². The summed E-state index contributed by atoms with van der Waals surface area (Å²) in [5, 5.41) is 10.9. The van der Waals surface area contributed by atoms with Gasteiger partial charge in [0.05, 0.1) is 4.92 Å². The van der Waals surface area contributed by atoms with E-state index in [1.807, 2.05) is 0 Å². The summed E-state index contributed by atoms with van der Waals surface area (Å²) in [6, 6.07) is 0. The molecule has 2 rings (SSSR count). The molecule has 1 aliphatic rings. The number of aromatic nitrogens is 2. The van der Waals surface area contributed by atoms with Crippen LogP contribution < -0.4 is 16.0 Å². The SMILES string of the molecule is CC1CCCCC1Oc1nc(NN)ncc1[N+](=O)[O-]. The molecule has 8 heteroatoms. The number of hydrazine groups is 1. The molecule has 0 saturated heterocycles. The molecule has 0 spiro atoms. The van der Waals surface area contributed by atoms with Gasteiger partial charge >= 0.3 is 5.69 Å². The predicted molar refractivity (Wildman–Crippen MR) is 68.5 cm³/mol. The van der Waals surface area contributed by atoms with Crippen molar-refractivity contribution < 1.29 is 9.66 Å². The molecular weight excluding hydrogens is 250 g/mol. The number of ether oxygens (including phenoxy) is 1. The highest BCUT2D eigenvalue weighted by atomic mass is 16.6. The lowest BCUT2D eigenvalue weighted by atomic mass is 9.88. The van der Waals surface area contributed by atoms with Gasteiger partial charge in [-0.05, 0) is 25.2 Å². The molecular formula is C11H17N5O3. The maximum Gasteiger partial charge on any atom is 0.349 e. The second-order valence-corrected chi connectivity index (χ2v) is 4.70. The van der Waals surface area contributed by atoms with Crippen LogP contribution in [0.4, 0.5) is 11.6 Å². The van der Waals surface area contributed by atoms with E-state index in [2.05, 4.69) is 22.3 Å². The Labute approximate surface area is 110 Å². The van der Waals surface area contributed by atoms with Crippen LogP contribution in [-0.2, 0) is 0 Å².